The maximum atomic E-state index is 12.5. The molecule has 6 nitrogen and oxygen atoms in total. The summed E-state index contributed by atoms with van der Waals surface area (Å²) in [5.41, 5.74) is 6.78. The Kier molecular flexibility index (Phi) is 4.65. The number of sulfonamides is 1. The minimum Gasteiger partial charge on any atom is -0.465 e. The second-order valence-corrected chi connectivity index (χ2v) is 7.17. The summed E-state index contributed by atoms with van der Waals surface area (Å²) in [4.78, 5) is 11.5. The molecule has 1 fully saturated rings. The van der Waals surface area contributed by atoms with Gasteiger partial charge in [-0.3, -0.25) is 0 Å². The Balaban J connectivity index is 2.19. The summed E-state index contributed by atoms with van der Waals surface area (Å²) in [5.74, 6) is -0.625. The summed E-state index contributed by atoms with van der Waals surface area (Å²) in [6, 6.07) is 6.15. The van der Waals surface area contributed by atoms with Crippen LogP contribution in [0, 0.1) is 0 Å². The molecule has 0 spiro atoms. The second-order valence-electron chi connectivity index (χ2n) is 5.25. The van der Waals surface area contributed by atoms with Crippen LogP contribution in [0.4, 0.5) is 0 Å². The quantitative estimate of drug-likeness (QED) is 0.828. The minimum atomic E-state index is -3.44. The van der Waals surface area contributed by atoms with Crippen LogP contribution >= 0.6 is 0 Å². The lowest BCUT2D eigenvalue weighted by molar-refractivity contribution is 0.0600. The van der Waals surface area contributed by atoms with Gasteiger partial charge in [0.25, 0.3) is 0 Å². The van der Waals surface area contributed by atoms with Crippen LogP contribution in [0.3, 0.4) is 0 Å². The molecule has 0 radical (unpaired) electrons. The Morgan fingerprint density at radius 1 is 1.48 bits per heavy atom. The summed E-state index contributed by atoms with van der Waals surface area (Å²) in [7, 11) is -2.15. The molecule has 1 saturated heterocycles. The molecule has 0 aliphatic carbocycles. The number of hydrogen-bond donors (Lipinski definition) is 1. The molecular weight excluding hydrogens is 292 g/mol. The highest BCUT2D eigenvalue weighted by molar-refractivity contribution is 7.88. The number of nitrogens with zero attached hydrogens (tertiary/aromatic N) is 1. The minimum absolute atomic E-state index is 0.124. The third-order valence-electron chi connectivity index (χ3n) is 3.81. The molecule has 0 aromatic heterocycles. The van der Waals surface area contributed by atoms with E-state index in [0.717, 1.165) is 0 Å². The van der Waals surface area contributed by atoms with E-state index in [1.807, 2.05) is 6.92 Å². The van der Waals surface area contributed by atoms with Crippen molar-refractivity contribution < 1.29 is 17.9 Å². The van der Waals surface area contributed by atoms with Crippen molar-refractivity contribution in [2.75, 3.05) is 13.7 Å². The van der Waals surface area contributed by atoms with Crippen molar-refractivity contribution in [2.45, 2.75) is 31.2 Å². The Morgan fingerprint density at radius 3 is 2.76 bits per heavy atom. The Bertz CT molecular complexity index is 630. The number of ether oxygens (including phenoxy) is 1. The molecule has 7 heteroatoms. The van der Waals surface area contributed by atoms with E-state index < -0.39 is 16.0 Å². The van der Waals surface area contributed by atoms with Crippen LogP contribution in [0.2, 0.25) is 0 Å². The SMILES string of the molecule is COC(=O)c1cccc(CS(=O)(=O)N2CCC(N)C2C)c1. The van der Waals surface area contributed by atoms with Crippen molar-refractivity contribution in [3.8, 4) is 0 Å². The maximum Gasteiger partial charge on any atom is 0.337 e. The number of benzene rings is 1. The highest BCUT2D eigenvalue weighted by atomic mass is 32.2. The number of carbonyl (C=O) groups is 1. The van der Waals surface area contributed by atoms with E-state index in [-0.39, 0.29) is 17.8 Å². The first-order chi connectivity index (χ1) is 9.85. The molecule has 2 rings (SSSR count). The zero-order valence-corrected chi connectivity index (χ0v) is 13.0. The molecule has 116 valence electrons. The number of rotatable bonds is 4. The van der Waals surface area contributed by atoms with Crippen molar-refractivity contribution >= 4 is 16.0 Å². The lowest BCUT2D eigenvalue weighted by Gasteiger charge is -2.22. The molecule has 21 heavy (non-hydrogen) atoms. The third-order valence-corrected chi connectivity index (χ3v) is 5.74. The van der Waals surface area contributed by atoms with Gasteiger partial charge in [0.15, 0.2) is 0 Å². The van der Waals surface area contributed by atoms with Crippen LogP contribution in [-0.4, -0.2) is 44.4 Å². The fraction of sp³-hybridized carbons (Fsp3) is 0.500. The standard InChI is InChI=1S/C14H20N2O4S/c1-10-13(15)6-7-16(10)21(18,19)9-11-4-3-5-12(8-11)14(17)20-2/h3-5,8,10,13H,6-7,9,15H2,1-2H3. The molecular formula is C14H20N2O4S. The lowest BCUT2D eigenvalue weighted by atomic mass is 10.1. The van der Waals surface area contributed by atoms with Crippen molar-refractivity contribution in [2.24, 2.45) is 5.73 Å². The molecule has 0 amide bonds. The topological polar surface area (TPSA) is 89.7 Å². The van der Waals surface area contributed by atoms with Crippen LogP contribution in [0.1, 0.15) is 29.3 Å². The number of methoxy groups -OCH3 is 1. The zero-order valence-electron chi connectivity index (χ0n) is 12.2. The number of carbonyl (C=O) groups excluding carboxylic acids is 1. The maximum absolute atomic E-state index is 12.5. The molecule has 2 unspecified atom stereocenters. The van der Waals surface area contributed by atoms with Crippen LogP contribution in [0.5, 0.6) is 0 Å². The first-order valence-corrected chi connectivity index (χ1v) is 8.38. The highest BCUT2D eigenvalue weighted by Crippen LogP contribution is 2.22. The zero-order chi connectivity index (χ0) is 15.6. The van der Waals surface area contributed by atoms with Gasteiger partial charge in [-0.25, -0.2) is 13.2 Å². The first kappa shape index (κ1) is 15.9. The monoisotopic (exact) mass is 312 g/mol. The second kappa shape index (κ2) is 6.13. The van der Waals surface area contributed by atoms with Gasteiger partial charge in [-0.1, -0.05) is 12.1 Å². The molecule has 1 aromatic rings. The van der Waals surface area contributed by atoms with Crippen LogP contribution in [-0.2, 0) is 20.5 Å². The van der Waals surface area contributed by atoms with Gasteiger partial charge in [0.05, 0.1) is 18.4 Å². The normalized spacial score (nSPS) is 23.2. The van der Waals surface area contributed by atoms with E-state index in [2.05, 4.69) is 4.74 Å². The van der Waals surface area contributed by atoms with Gasteiger partial charge >= 0.3 is 5.97 Å². The number of hydrogen-bond acceptors (Lipinski definition) is 5. The van der Waals surface area contributed by atoms with Gasteiger partial charge in [0.2, 0.25) is 10.0 Å². The fourth-order valence-electron chi connectivity index (χ4n) is 2.53. The molecule has 2 atom stereocenters. The molecule has 1 aliphatic heterocycles. The van der Waals surface area contributed by atoms with E-state index in [9.17, 15) is 13.2 Å². The Hall–Kier alpha value is -1.44. The predicted octanol–water partition coefficient (Wildman–Crippen LogP) is 0.725. The summed E-state index contributed by atoms with van der Waals surface area (Å²) in [6.07, 6.45) is 0.669. The van der Waals surface area contributed by atoms with Gasteiger partial charge in [-0.05, 0) is 31.0 Å². The predicted molar refractivity (Wildman–Crippen MR) is 79.2 cm³/mol. The summed E-state index contributed by atoms with van der Waals surface area (Å²) in [6.45, 7) is 2.27. The summed E-state index contributed by atoms with van der Waals surface area (Å²) in [5, 5.41) is 0. The van der Waals surface area contributed by atoms with Crippen LogP contribution in [0.15, 0.2) is 24.3 Å². The van der Waals surface area contributed by atoms with E-state index >= 15 is 0 Å². The van der Waals surface area contributed by atoms with Crippen molar-refractivity contribution in [1.29, 1.82) is 0 Å². The van der Waals surface area contributed by atoms with Crippen molar-refractivity contribution in [1.82, 2.24) is 4.31 Å². The van der Waals surface area contributed by atoms with Gasteiger partial charge < -0.3 is 10.5 Å². The highest BCUT2D eigenvalue weighted by Gasteiger charge is 2.36. The number of nitrogens with two attached hydrogens (primary N) is 1. The van der Waals surface area contributed by atoms with E-state index in [1.54, 1.807) is 24.3 Å². The van der Waals surface area contributed by atoms with Crippen LogP contribution in [0.25, 0.3) is 0 Å². The smallest absolute Gasteiger partial charge is 0.337 e. The summed E-state index contributed by atoms with van der Waals surface area (Å²) >= 11 is 0. The van der Waals surface area contributed by atoms with Gasteiger partial charge in [0, 0.05) is 18.6 Å². The number of esters is 1. The summed E-state index contributed by atoms with van der Waals surface area (Å²) < 4.78 is 31.0. The van der Waals surface area contributed by atoms with Gasteiger partial charge in [-0.2, -0.15) is 4.31 Å². The van der Waals surface area contributed by atoms with Crippen molar-refractivity contribution in [3.63, 3.8) is 0 Å². The van der Waals surface area contributed by atoms with Crippen molar-refractivity contribution in [3.05, 3.63) is 35.4 Å². The fourth-order valence-corrected chi connectivity index (χ4v) is 4.34. The average Bonchev–Trinajstić information content (AvgIpc) is 2.78. The first-order valence-electron chi connectivity index (χ1n) is 6.77. The molecule has 2 N–H and O–H groups in total. The van der Waals surface area contributed by atoms with Gasteiger partial charge in [0.1, 0.15) is 0 Å². The molecule has 1 aliphatic rings. The molecule has 1 aromatic carbocycles. The largest absolute Gasteiger partial charge is 0.465 e. The van der Waals surface area contributed by atoms with E-state index in [4.69, 9.17) is 5.73 Å². The Labute approximate surface area is 124 Å². The van der Waals surface area contributed by atoms with Crippen LogP contribution < -0.4 is 5.73 Å². The van der Waals surface area contributed by atoms with E-state index in [0.29, 0.717) is 24.1 Å². The average molecular weight is 312 g/mol. The van der Waals surface area contributed by atoms with Gasteiger partial charge in [-0.15, -0.1) is 0 Å². The lowest BCUT2D eigenvalue weighted by Crippen LogP contribution is -2.40. The third kappa shape index (κ3) is 3.42. The molecule has 0 bridgehead atoms. The van der Waals surface area contributed by atoms with E-state index in [1.165, 1.54) is 11.4 Å². The Morgan fingerprint density at radius 2 is 2.19 bits per heavy atom. The molecule has 1 heterocycles. The molecule has 0 saturated carbocycles.